The van der Waals surface area contributed by atoms with Gasteiger partial charge in [-0.05, 0) is 47.1 Å². The molecule has 0 amide bonds. The lowest BCUT2D eigenvalue weighted by Gasteiger charge is -2.22. The van der Waals surface area contributed by atoms with Gasteiger partial charge in [-0.1, -0.05) is 22.6 Å². The molecule has 0 atom stereocenters. The first kappa shape index (κ1) is 22.7. The van der Waals surface area contributed by atoms with Crippen LogP contribution in [0.25, 0.3) is 10.9 Å². The number of nitrogens with one attached hydrogen (secondary N) is 2. The number of alkyl halides is 1. The summed E-state index contributed by atoms with van der Waals surface area (Å²) < 4.78 is 32.4. The zero-order valence-electron chi connectivity index (χ0n) is 17.7. The van der Waals surface area contributed by atoms with Crippen molar-refractivity contribution in [3.05, 3.63) is 29.7 Å². The second-order valence-electron chi connectivity index (χ2n) is 7.99. The van der Waals surface area contributed by atoms with Gasteiger partial charge in [-0.25, -0.2) is 18.4 Å². The van der Waals surface area contributed by atoms with E-state index in [2.05, 4.69) is 48.1 Å². The molecule has 10 heteroatoms. The molecule has 0 saturated heterocycles. The van der Waals surface area contributed by atoms with Gasteiger partial charge >= 0.3 is 0 Å². The first-order chi connectivity index (χ1) is 14.1. The number of aromatic amines is 1. The largest absolute Gasteiger partial charge is 0.492 e. The van der Waals surface area contributed by atoms with Crippen LogP contribution < -0.4 is 10.1 Å². The van der Waals surface area contributed by atoms with Gasteiger partial charge in [0.15, 0.2) is 15.7 Å². The number of aryl methyl sites for hydroxylation is 1. The minimum absolute atomic E-state index is 0.142. The molecule has 0 unspecified atom stereocenters. The maximum Gasteiger partial charge on any atom is 0.186 e. The number of benzene rings is 1. The van der Waals surface area contributed by atoms with Gasteiger partial charge in [0.2, 0.25) is 0 Å². The van der Waals surface area contributed by atoms with E-state index in [1.165, 1.54) is 6.33 Å². The van der Waals surface area contributed by atoms with Gasteiger partial charge in [0, 0.05) is 27.1 Å². The number of halogens is 1. The SMILES string of the molecule is Cc1[nH]nc(Nc2ncnc3cc(OCCCI)c(S(=O)(=O)C(C)(C)C)cc23)c1C. The fourth-order valence-corrected chi connectivity index (χ4v) is 4.40. The minimum atomic E-state index is -3.66. The molecule has 0 saturated carbocycles. The van der Waals surface area contributed by atoms with Crippen molar-refractivity contribution >= 4 is 55.0 Å². The van der Waals surface area contributed by atoms with Crippen LogP contribution >= 0.6 is 22.6 Å². The molecule has 2 aromatic heterocycles. The zero-order chi connectivity index (χ0) is 22.1. The zero-order valence-corrected chi connectivity index (χ0v) is 20.7. The third-order valence-electron chi connectivity index (χ3n) is 4.82. The van der Waals surface area contributed by atoms with Gasteiger partial charge in [-0.3, -0.25) is 5.10 Å². The normalized spacial score (nSPS) is 12.3. The monoisotopic (exact) mass is 543 g/mol. The lowest BCUT2D eigenvalue weighted by molar-refractivity contribution is 0.311. The first-order valence-corrected chi connectivity index (χ1v) is 12.6. The van der Waals surface area contributed by atoms with Gasteiger partial charge in [-0.15, -0.1) is 0 Å². The van der Waals surface area contributed by atoms with Crippen LogP contribution in [0.2, 0.25) is 0 Å². The number of nitrogens with zero attached hydrogens (tertiary/aromatic N) is 3. The van der Waals surface area contributed by atoms with Crippen molar-refractivity contribution in [1.82, 2.24) is 20.2 Å². The first-order valence-electron chi connectivity index (χ1n) is 9.57. The number of ether oxygens (including phenoxy) is 1. The molecule has 2 N–H and O–H groups in total. The Labute approximate surface area is 190 Å². The quantitative estimate of drug-likeness (QED) is 0.257. The van der Waals surface area contributed by atoms with E-state index in [-0.39, 0.29) is 4.90 Å². The van der Waals surface area contributed by atoms with Crippen LogP contribution in [-0.2, 0) is 9.84 Å². The van der Waals surface area contributed by atoms with Crippen molar-refractivity contribution in [2.45, 2.75) is 50.7 Å². The average Bonchev–Trinajstić information content (AvgIpc) is 2.99. The Morgan fingerprint density at radius 3 is 2.50 bits per heavy atom. The highest BCUT2D eigenvalue weighted by Crippen LogP contribution is 2.37. The number of anilines is 2. The summed E-state index contributed by atoms with van der Waals surface area (Å²) in [7, 11) is -3.66. The molecular weight excluding hydrogens is 517 g/mol. The molecule has 0 aliphatic carbocycles. The van der Waals surface area contributed by atoms with Crippen molar-refractivity contribution in [2.75, 3.05) is 16.4 Å². The molecule has 1 aromatic carbocycles. The smallest absolute Gasteiger partial charge is 0.186 e. The molecular formula is C20H26IN5O3S. The predicted molar refractivity (Wildman–Crippen MR) is 127 cm³/mol. The Balaban J connectivity index is 2.18. The summed E-state index contributed by atoms with van der Waals surface area (Å²) in [6.07, 6.45) is 2.26. The van der Waals surface area contributed by atoms with E-state index in [0.717, 1.165) is 22.1 Å². The van der Waals surface area contributed by atoms with Crippen LogP contribution in [0.5, 0.6) is 5.75 Å². The molecule has 8 nitrogen and oxygen atoms in total. The van der Waals surface area contributed by atoms with E-state index in [0.29, 0.717) is 34.9 Å². The number of hydrogen-bond acceptors (Lipinski definition) is 7. The number of hydrogen-bond donors (Lipinski definition) is 2. The third-order valence-corrected chi connectivity index (χ3v) is 8.10. The van der Waals surface area contributed by atoms with Crippen LogP contribution in [0.15, 0.2) is 23.4 Å². The molecule has 0 spiro atoms. The maximum absolute atomic E-state index is 13.3. The summed E-state index contributed by atoms with van der Waals surface area (Å²) in [5.74, 6) is 1.44. The molecule has 30 heavy (non-hydrogen) atoms. The van der Waals surface area contributed by atoms with Crippen molar-refractivity contribution in [1.29, 1.82) is 0 Å². The van der Waals surface area contributed by atoms with E-state index >= 15 is 0 Å². The molecule has 162 valence electrons. The summed E-state index contributed by atoms with van der Waals surface area (Å²) in [4.78, 5) is 8.80. The van der Waals surface area contributed by atoms with Crippen molar-refractivity contribution < 1.29 is 13.2 Å². The molecule has 0 bridgehead atoms. The van der Waals surface area contributed by atoms with E-state index in [9.17, 15) is 8.42 Å². The number of fused-ring (bicyclic) bond motifs is 1. The Morgan fingerprint density at radius 1 is 1.17 bits per heavy atom. The lowest BCUT2D eigenvalue weighted by Crippen LogP contribution is -2.28. The number of rotatable bonds is 7. The van der Waals surface area contributed by atoms with Crippen LogP contribution in [0.1, 0.15) is 38.4 Å². The van der Waals surface area contributed by atoms with E-state index < -0.39 is 14.6 Å². The topological polar surface area (TPSA) is 110 Å². The molecule has 2 heterocycles. The summed E-state index contributed by atoms with van der Waals surface area (Å²) in [5, 5.41) is 11.0. The van der Waals surface area contributed by atoms with E-state index in [1.807, 2.05) is 13.8 Å². The lowest BCUT2D eigenvalue weighted by atomic mass is 10.2. The second-order valence-corrected chi connectivity index (χ2v) is 11.7. The van der Waals surface area contributed by atoms with Gasteiger partial charge in [0.25, 0.3) is 0 Å². The summed E-state index contributed by atoms with van der Waals surface area (Å²) in [6.45, 7) is 9.34. The minimum Gasteiger partial charge on any atom is -0.492 e. The Bertz CT molecular complexity index is 1170. The van der Waals surface area contributed by atoms with Crippen LogP contribution in [0.3, 0.4) is 0 Å². The highest BCUT2D eigenvalue weighted by atomic mass is 127. The van der Waals surface area contributed by atoms with Gasteiger partial charge in [0.1, 0.15) is 22.8 Å². The van der Waals surface area contributed by atoms with E-state index in [1.54, 1.807) is 32.9 Å². The fourth-order valence-electron chi connectivity index (χ4n) is 2.77. The van der Waals surface area contributed by atoms with Crippen LogP contribution in [0.4, 0.5) is 11.6 Å². The van der Waals surface area contributed by atoms with Crippen molar-refractivity contribution in [2.24, 2.45) is 0 Å². The van der Waals surface area contributed by atoms with Crippen molar-refractivity contribution in [3.8, 4) is 5.75 Å². The van der Waals surface area contributed by atoms with Gasteiger partial charge < -0.3 is 10.1 Å². The second kappa shape index (κ2) is 8.66. The third kappa shape index (κ3) is 4.39. The van der Waals surface area contributed by atoms with Crippen molar-refractivity contribution in [3.63, 3.8) is 0 Å². The van der Waals surface area contributed by atoms with E-state index in [4.69, 9.17) is 4.74 Å². The van der Waals surface area contributed by atoms with Gasteiger partial charge in [0.05, 0.1) is 16.9 Å². The number of aromatic nitrogens is 4. The molecule has 0 fully saturated rings. The fraction of sp³-hybridized carbons (Fsp3) is 0.450. The molecule has 0 aliphatic rings. The number of sulfone groups is 1. The standard InChI is InChI=1S/C20H26IN5O3S/c1-12-13(2)25-26-18(12)24-19-14-9-17(30(27,28)20(3,4)5)16(29-8-6-7-21)10-15(14)22-11-23-19/h9-11H,6-8H2,1-5H3,(H2,22,23,24,25,26). The summed E-state index contributed by atoms with van der Waals surface area (Å²) in [5.41, 5.74) is 2.50. The predicted octanol–water partition coefficient (Wildman–Crippen LogP) is 4.49. The molecule has 0 radical (unpaired) electrons. The van der Waals surface area contributed by atoms with Crippen LogP contribution in [-0.4, -0.2) is 44.4 Å². The van der Waals surface area contributed by atoms with Crippen LogP contribution in [0, 0.1) is 13.8 Å². The summed E-state index contributed by atoms with van der Waals surface area (Å²) >= 11 is 2.27. The molecule has 3 aromatic rings. The number of H-pyrrole nitrogens is 1. The molecule has 0 aliphatic heterocycles. The highest BCUT2D eigenvalue weighted by Gasteiger charge is 2.34. The average molecular weight is 543 g/mol. The highest BCUT2D eigenvalue weighted by molar-refractivity contribution is 14.1. The Morgan fingerprint density at radius 2 is 1.90 bits per heavy atom. The maximum atomic E-state index is 13.3. The Hall–Kier alpha value is -1.95. The summed E-state index contributed by atoms with van der Waals surface area (Å²) in [6, 6.07) is 3.28. The van der Waals surface area contributed by atoms with Gasteiger partial charge in [-0.2, -0.15) is 5.10 Å². The molecule has 3 rings (SSSR count). The Kier molecular flexibility index (Phi) is 6.56.